The second kappa shape index (κ2) is 8.03. The van der Waals surface area contributed by atoms with Crippen molar-refractivity contribution in [2.75, 3.05) is 7.11 Å². The molecule has 0 aliphatic carbocycles. The molecule has 0 fully saturated rings. The molecule has 0 bridgehead atoms. The molecule has 1 aromatic heterocycles. The number of methoxy groups -OCH3 is 1. The molecule has 24 heavy (non-hydrogen) atoms. The highest BCUT2D eigenvalue weighted by Crippen LogP contribution is 2.28. The first-order valence-corrected chi connectivity index (χ1v) is 8.98. The van der Waals surface area contributed by atoms with Crippen molar-refractivity contribution >= 4 is 35.0 Å². The van der Waals surface area contributed by atoms with E-state index in [4.69, 9.17) is 27.9 Å². The lowest BCUT2D eigenvalue weighted by Gasteiger charge is -2.10. The third kappa shape index (κ3) is 3.92. The van der Waals surface area contributed by atoms with Crippen molar-refractivity contribution in [3.8, 4) is 5.69 Å². The van der Waals surface area contributed by atoms with Crippen LogP contribution in [0.3, 0.4) is 0 Å². The van der Waals surface area contributed by atoms with E-state index in [-0.39, 0.29) is 0 Å². The minimum Gasteiger partial charge on any atom is -0.377 e. The van der Waals surface area contributed by atoms with Gasteiger partial charge in [-0.1, -0.05) is 59.2 Å². The topological polar surface area (TPSA) is 39.9 Å². The summed E-state index contributed by atoms with van der Waals surface area (Å²) in [5.74, 6) is 1.48. The predicted octanol–water partition coefficient (Wildman–Crippen LogP) is 5.01. The second-order valence-corrected chi connectivity index (χ2v) is 6.80. The van der Waals surface area contributed by atoms with Crippen molar-refractivity contribution in [1.29, 1.82) is 0 Å². The highest BCUT2D eigenvalue weighted by atomic mass is 35.5. The lowest BCUT2D eigenvalue weighted by Crippen LogP contribution is -2.03. The fraction of sp³-hybridized carbons (Fsp3) is 0.176. The number of ether oxygens (including phenoxy) is 1. The number of benzene rings is 2. The predicted molar refractivity (Wildman–Crippen MR) is 98.1 cm³/mol. The van der Waals surface area contributed by atoms with Crippen LogP contribution in [0.4, 0.5) is 0 Å². The maximum Gasteiger partial charge on any atom is 0.196 e. The molecule has 4 nitrogen and oxygen atoms in total. The first-order chi connectivity index (χ1) is 11.7. The summed E-state index contributed by atoms with van der Waals surface area (Å²) in [5, 5.41) is 10.5. The molecule has 0 saturated heterocycles. The van der Waals surface area contributed by atoms with Gasteiger partial charge in [-0.3, -0.25) is 4.57 Å². The molecule has 0 N–H and O–H groups in total. The van der Waals surface area contributed by atoms with Crippen LogP contribution in [0.2, 0.25) is 10.0 Å². The van der Waals surface area contributed by atoms with E-state index in [2.05, 4.69) is 10.2 Å². The maximum absolute atomic E-state index is 6.08. The Morgan fingerprint density at radius 2 is 1.83 bits per heavy atom. The number of para-hydroxylation sites is 1. The van der Waals surface area contributed by atoms with Crippen molar-refractivity contribution in [1.82, 2.24) is 14.8 Å². The van der Waals surface area contributed by atoms with Crippen molar-refractivity contribution in [2.45, 2.75) is 17.5 Å². The van der Waals surface area contributed by atoms with E-state index >= 15 is 0 Å². The quantitative estimate of drug-likeness (QED) is 0.564. The number of thioether (sulfide) groups is 1. The van der Waals surface area contributed by atoms with E-state index in [9.17, 15) is 0 Å². The fourth-order valence-electron chi connectivity index (χ4n) is 2.23. The molecule has 124 valence electrons. The standard InChI is InChI=1S/C17H15Cl2N3OS/c1-23-10-16-20-21-17(22(16)13-5-3-2-4-6-13)24-11-12-7-8-14(18)15(19)9-12/h2-9H,10-11H2,1H3. The van der Waals surface area contributed by atoms with Crippen molar-refractivity contribution in [3.05, 3.63) is 70.0 Å². The molecule has 0 spiro atoms. The first-order valence-electron chi connectivity index (χ1n) is 7.24. The Hall–Kier alpha value is -1.53. The highest BCUT2D eigenvalue weighted by Gasteiger charge is 2.14. The fourth-order valence-corrected chi connectivity index (χ4v) is 3.46. The lowest BCUT2D eigenvalue weighted by atomic mass is 10.2. The van der Waals surface area contributed by atoms with Crippen LogP contribution in [-0.2, 0) is 17.1 Å². The Balaban J connectivity index is 1.86. The third-order valence-corrected chi connectivity index (χ3v) is 5.08. The van der Waals surface area contributed by atoms with Crippen LogP contribution in [0.1, 0.15) is 11.4 Å². The van der Waals surface area contributed by atoms with Gasteiger partial charge in [0, 0.05) is 18.6 Å². The lowest BCUT2D eigenvalue weighted by molar-refractivity contribution is 0.176. The molecule has 0 aliphatic heterocycles. The van der Waals surface area contributed by atoms with E-state index in [1.54, 1.807) is 24.9 Å². The average molecular weight is 380 g/mol. The van der Waals surface area contributed by atoms with Crippen LogP contribution in [0.5, 0.6) is 0 Å². The Kier molecular flexibility index (Phi) is 5.79. The molecule has 0 atom stereocenters. The summed E-state index contributed by atoms with van der Waals surface area (Å²) in [7, 11) is 1.65. The molecule has 0 amide bonds. The summed E-state index contributed by atoms with van der Waals surface area (Å²) in [4.78, 5) is 0. The van der Waals surface area contributed by atoms with Crippen molar-refractivity contribution in [3.63, 3.8) is 0 Å². The van der Waals surface area contributed by atoms with Crippen LogP contribution in [0.25, 0.3) is 5.69 Å². The van der Waals surface area contributed by atoms with Crippen LogP contribution < -0.4 is 0 Å². The Labute approximate surface area is 154 Å². The van der Waals surface area contributed by atoms with Gasteiger partial charge in [-0.15, -0.1) is 10.2 Å². The first kappa shape index (κ1) is 17.3. The molecule has 0 unspecified atom stereocenters. The zero-order chi connectivity index (χ0) is 16.9. The zero-order valence-electron chi connectivity index (χ0n) is 12.9. The molecule has 0 aliphatic rings. The van der Waals surface area contributed by atoms with E-state index < -0.39 is 0 Å². The number of nitrogens with zero attached hydrogens (tertiary/aromatic N) is 3. The molecule has 1 heterocycles. The van der Waals surface area contributed by atoms with Gasteiger partial charge in [0.15, 0.2) is 11.0 Å². The van der Waals surface area contributed by atoms with Crippen LogP contribution in [-0.4, -0.2) is 21.9 Å². The average Bonchev–Trinajstić information content (AvgIpc) is 3.00. The molecule has 0 radical (unpaired) electrons. The summed E-state index contributed by atoms with van der Waals surface area (Å²) in [5.41, 5.74) is 2.08. The zero-order valence-corrected chi connectivity index (χ0v) is 15.3. The van der Waals surface area contributed by atoms with Gasteiger partial charge in [0.05, 0.1) is 10.0 Å². The largest absolute Gasteiger partial charge is 0.377 e. The van der Waals surface area contributed by atoms with E-state index in [1.165, 1.54) is 0 Å². The van der Waals surface area contributed by atoms with Gasteiger partial charge in [0.2, 0.25) is 0 Å². The van der Waals surface area contributed by atoms with Gasteiger partial charge >= 0.3 is 0 Å². The smallest absolute Gasteiger partial charge is 0.196 e. The van der Waals surface area contributed by atoms with Crippen LogP contribution in [0, 0.1) is 0 Å². The van der Waals surface area contributed by atoms with Crippen LogP contribution in [0.15, 0.2) is 53.7 Å². The SMILES string of the molecule is COCc1nnc(SCc2ccc(Cl)c(Cl)c2)n1-c1ccccc1. The van der Waals surface area contributed by atoms with Gasteiger partial charge in [-0.25, -0.2) is 0 Å². The summed E-state index contributed by atoms with van der Waals surface area (Å²) in [6.07, 6.45) is 0. The molecule has 2 aromatic carbocycles. The molecule has 3 aromatic rings. The highest BCUT2D eigenvalue weighted by molar-refractivity contribution is 7.98. The van der Waals surface area contributed by atoms with Gasteiger partial charge in [0.25, 0.3) is 0 Å². The summed E-state index contributed by atoms with van der Waals surface area (Å²) in [6.45, 7) is 0.398. The van der Waals surface area contributed by atoms with E-state index in [0.717, 1.165) is 28.0 Å². The molecular formula is C17H15Cl2N3OS. The van der Waals surface area contributed by atoms with Gasteiger partial charge in [-0.2, -0.15) is 0 Å². The minimum atomic E-state index is 0.398. The number of hydrogen-bond donors (Lipinski definition) is 0. The van der Waals surface area contributed by atoms with E-state index in [0.29, 0.717) is 16.7 Å². The third-order valence-electron chi connectivity index (χ3n) is 3.34. The normalized spacial score (nSPS) is 11.0. The van der Waals surface area contributed by atoms with Gasteiger partial charge < -0.3 is 4.74 Å². The Bertz CT molecular complexity index is 824. The summed E-state index contributed by atoms with van der Waals surface area (Å²) >= 11 is 13.6. The number of halogens is 2. The Morgan fingerprint density at radius 1 is 1.04 bits per heavy atom. The number of aromatic nitrogens is 3. The second-order valence-electron chi connectivity index (χ2n) is 5.04. The van der Waals surface area contributed by atoms with E-state index in [1.807, 2.05) is 47.0 Å². The molecular weight excluding hydrogens is 365 g/mol. The van der Waals surface area contributed by atoms with Crippen molar-refractivity contribution in [2.24, 2.45) is 0 Å². The summed E-state index contributed by atoms with van der Waals surface area (Å²) < 4.78 is 7.24. The Morgan fingerprint density at radius 3 is 2.54 bits per heavy atom. The minimum absolute atomic E-state index is 0.398. The molecule has 3 rings (SSSR count). The molecule has 0 saturated carbocycles. The number of rotatable bonds is 6. The maximum atomic E-state index is 6.08. The molecule has 7 heteroatoms. The number of hydrogen-bond acceptors (Lipinski definition) is 4. The van der Waals surface area contributed by atoms with Gasteiger partial charge in [0.1, 0.15) is 6.61 Å². The van der Waals surface area contributed by atoms with Crippen molar-refractivity contribution < 1.29 is 4.74 Å². The summed E-state index contributed by atoms with van der Waals surface area (Å²) in [6, 6.07) is 15.6. The van der Waals surface area contributed by atoms with Crippen LogP contribution >= 0.6 is 35.0 Å². The van der Waals surface area contributed by atoms with Gasteiger partial charge in [-0.05, 0) is 29.8 Å². The monoisotopic (exact) mass is 379 g/mol.